The average molecular weight is 384 g/mol. The van der Waals surface area contributed by atoms with Crippen molar-refractivity contribution in [2.24, 2.45) is 11.8 Å². The van der Waals surface area contributed by atoms with Gasteiger partial charge < -0.3 is 10.6 Å². The van der Waals surface area contributed by atoms with Crippen molar-refractivity contribution in [1.29, 1.82) is 0 Å². The van der Waals surface area contributed by atoms with Crippen LogP contribution in [0.5, 0.6) is 0 Å². The van der Waals surface area contributed by atoms with E-state index in [-0.39, 0.29) is 30.5 Å². The molecule has 0 bridgehead atoms. The molecule has 1 aromatic rings. The molecule has 0 aliphatic heterocycles. The van der Waals surface area contributed by atoms with E-state index in [1.54, 1.807) is 0 Å². The first-order chi connectivity index (χ1) is 12.7. The Morgan fingerprint density at radius 2 is 1.81 bits per heavy atom. The zero-order valence-corrected chi connectivity index (χ0v) is 15.7. The summed E-state index contributed by atoms with van der Waals surface area (Å²) in [4.78, 5) is 24.0. The molecule has 0 radical (unpaired) electrons. The Bertz CT molecular complexity index is 661. The molecule has 1 aliphatic carbocycles. The molecule has 2 rings (SSSR count). The molecule has 150 valence electrons. The Morgan fingerprint density at radius 1 is 1.11 bits per heavy atom. The minimum atomic E-state index is -4.45. The number of alkyl halides is 3. The number of anilines is 1. The molecule has 0 unspecified atom stereocenters. The van der Waals surface area contributed by atoms with E-state index in [0.29, 0.717) is 18.3 Å². The Kier molecular flexibility index (Phi) is 7.27. The number of nitrogens with one attached hydrogen (secondary N) is 2. The first-order valence-corrected chi connectivity index (χ1v) is 9.43. The second-order valence-electron chi connectivity index (χ2n) is 7.42. The topological polar surface area (TPSA) is 58.2 Å². The quantitative estimate of drug-likeness (QED) is 0.743. The van der Waals surface area contributed by atoms with E-state index in [4.69, 9.17) is 0 Å². The molecule has 27 heavy (non-hydrogen) atoms. The maximum Gasteiger partial charge on any atom is 0.416 e. The molecule has 2 N–H and O–H groups in total. The van der Waals surface area contributed by atoms with Crippen LogP contribution in [0.1, 0.15) is 57.9 Å². The van der Waals surface area contributed by atoms with Crippen molar-refractivity contribution in [3.63, 3.8) is 0 Å². The van der Waals surface area contributed by atoms with Crippen LogP contribution in [-0.2, 0) is 15.8 Å². The fourth-order valence-electron chi connectivity index (χ4n) is 3.47. The van der Waals surface area contributed by atoms with Crippen LogP contribution in [0.15, 0.2) is 24.3 Å². The Morgan fingerprint density at radius 3 is 2.52 bits per heavy atom. The van der Waals surface area contributed by atoms with Gasteiger partial charge in [-0.25, -0.2) is 0 Å². The maximum absolute atomic E-state index is 12.7. The molecule has 4 nitrogen and oxygen atoms in total. The van der Waals surface area contributed by atoms with Gasteiger partial charge in [0.2, 0.25) is 11.8 Å². The zero-order valence-electron chi connectivity index (χ0n) is 15.7. The summed E-state index contributed by atoms with van der Waals surface area (Å²) < 4.78 is 38.1. The smallest absolute Gasteiger partial charge is 0.353 e. The number of hydrogen-bond acceptors (Lipinski definition) is 2. The molecular weight excluding hydrogens is 357 g/mol. The molecule has 0 spiro atoms. The number of carbonyl (C=O) groups excluding carboxylic acids is 2. The van der Waals surface area contributed by atoms with Crippen LogP contribution in [-0.4, -0.2) is 17.9 Å². The van der Waals surface area contributed by atoms with Gasteiger partial charge in [0.25, 0.3) is 0 Å². The van der Waals surface area contributed by atoms with Crippen molar-refractivity contribution in [1.82, 2.24) is 5.32 Å². The van der Waals surface area contributed by atoms with Crippen molar-refractivity contribution >= 4 is 17.5 Å². The lowest BCUT2D eigenvalue weighted by Crippen LogP contribution is -2.43. The third-order valence-electron chi connectivity index (χ3n) is 5.33. The zero-order chi connectivity index (χ0) is 20.0. The summed E-state index contributed by atoms with van der Waals surface area (Å²) >= 11 is 0. The molecule has 0 saturated heterocycles. The Hall–Kier alpha value is -2.05. The van der Waals surface area contributed by atoms with Crippen LogP contribution in [0.4, 0.5) is 18.9 Å². The second kappa shape index (κ2) is 9.24. The fourth-order valence-corrected chi connectivity index (χ4v) is 3.47. The van der Waals surface area contributed by atoms with E-state index in [1.807, 2.05) is 0 Å². The SMILES string of the molecule is C[C@H]1[C@H](C)CCC[C@H]1NC(=O)CCCC(=O)Nc1cccc(C(F)(F)F)c1. The summed E-state index contributed by atoms with van der Waals surface area (Å²) in [6, 6.07) is 4.69. The molecule has 1 aromatic carbocycles. The highest BCUT2D eigenvalue weighted by Crippen LogP contribution is 2.31. The fraction of sp³-hybridized carbons (Fsp3) is 0.600. The summed E-state index contributed by atoms with van der Waals surface area (Å²) in [5, 5.41) is 5.50. The van der Waals surface area contributed by atoms with E-state index in [2.05, 4.69) is 24.5 Å². The highest BCUT2D eigenvalue weighted by Gasteiger charge is 2.30. The first kappa shape index (κ1) is 21.3. The monoisotopic (exact) mass is 384 g/mol. The van der Waals surface area contributed by atoms with Crippen molar-refractivity contribution in [2.75, 3.05) is 5.32 Å². The van der Waals surface area contributed by atoms with Crippen molar-refractivity contribution < 1.29 is 22.8 Å². The summed E-state index contributed by atoms with van der Waals surface area (Å²) in [7, 11) is 0. The van der Waals surface area contributed by atoms with Gasteiger partial charge >= 0.3 is 6.18 Å². The molecule has 1 fully saturated rings. The van der Waals surface area contributed by atoms with Gasteiger partial charge in [-0.05, 0) is 42.9 Å². The average Bonchev–Trinajstić information content (AvgIpc) is 2.58. The molecule has 1 saturated carbocycles. The van der Waals surface area contributed by atoms with E-state index in [1.165, 1.54) is 18.6 Å². The van der Waals surface area contributed by atoms with Crippen LogP contribution in [0, 0.1) is 11.8 Å². The second-order valence-corrected chi connectivity index (χ2v) is 7.42. The van der Waals surface area contributed by atoms with Crippen LogP contribution < -0.4 is 10.6 Å². The molecular formula is C20H27F3N2O2. The Labute approximate surface area is 157 Å². The van der Waals surface area contributed by atoms with Gasteiger partial charge in [0, 0.05) is 24.6 Å². The Balaban J connectivity index is 1.74. The van der Waals surface area contributed by atoms with E-state index >= 15 is 0 Å². The van der Waals surface area contributed by atoms with Crippen molar-refractivity contribution in [3.8, 4) is 0 Å². The predicted molar refractivity (Wildman–Crippen MR) is 98.0 cm³/mol. The number of amides is 2. The van der Waals surface area contributed by atoms with Crippen LogP contribution in [0.25, 0.3) is 0 Å². The van der Waals surface area contributed by atoms with Gasteiger partial charge in [0.05, 0.1) is 5.56 Å². The minimum absolute atomic E-state index is 0.0761. The number of rotatable bonds is 6. The first-order valence-electron chi connectivity index (χ1n) is 9.43. The third-order valence-corrected chi connectivity index (χ3v) is 5.33. The molecule has 3 atom stereocenters. The lowest BCUT2D eigenvalue weighted by atomic mass is 9.78. The molecule has 0 heterocycles. The maximum atomic E-state index is 12.7. The van der Waals surface area contributed by atoms with Gasteiger partial charge in [-0.15, -0.1) is 0 Å². The lowest BCUT2D eigenvalue weighted by molar-refractivity contribution is -0.137. The molecule has 7 heteroatoms. The highest BCUT2D eigenvalue weighted by atomic mass is 19.4. The number of carbonyl (C=O) groups is 2. The van der Waals surface area contributed by atoms with Crippen LogP contribution in [0.3, 0.4) is 0 Å². The van der Waals surface area contributed by atoms with Crippen LogP contribution >= 0.6 is 0 Å². The van der Waals surface area contributed by atoms with E-state index < -0.39 is 17.6 Å². The molecule has 2 amide bonds. The van der Waals surface area contributed by atoms with E-state index in [9.17, 15) is 22.8 Å². The van der Waals surface area contributed by atoms with Gasteiger partial charge in [0.1, 0.15) is 0 Å². The van der Waals surface area contributed by atoms with Gasteiger partial charge in [0.15, 0.2) is 0 Å². The normalized spacial score (nSPS) is 22.9. The number of halogens is 3. The predicted octanol–water partition coefficient (Wildman–Crippen LogP) is 4.76. The van der Waals surface area contributed by atoms with Gasteiger partial charge in [-0.2, -0.15) is 13.2 Å². The highest BCUT2D eigenvalue weighted by molar-refractivity contribution is 5.91. The van der Waals surface area contributed by atoms with Gasteiger partial charge in [-0.3, -0.25) is 9.59 Å². The lowest BCUT2D eigenvalue weighted by Gasteiger charge is -2.34. The summed E-state index contributed by atoms with van der Waals surface area (Å²) in [5.74, 6) is 0.545. The summed E-state index contributed by atoms with van der Waals surface area (Å²) in [6.07, 6.45) is -0.514. The minimum Gasteiger partial charge on any atom is -0.353 e. The number of hydrogen-bond donors (Lipinski definition) is 2. The van der Waals surface area contributed by atoms with Crippen molar-refractivity contribution in [3.05, 3.63) is 29.8 Å². The number of benzene rings is 1. The van der Waals surface area contributed by atoms with Crippen molar-refractivity contribution in [2.45, 2.75) is 64.6 Å². The van der Waals surface area contributed by atoms with Gasteiger partial charge in [-0.1, -0.05) is 32.8 Å². The third kappa shape index (κ3) is 6.56. The van der Waals surface area contributed by atoms with E-state index in [0.717, 1.165) is 25.0 Å². The molecule has 0 aromatic heterocycles. The summed E-state index contributed by atoms with van der Waals surface area (Å²) in [5.41, 5.74) is -0.709. The standard InChI is InChI=1S/C20H27F3N2O2/c1-13-6-3-9-17(14(13)2)25-19(27)11-5-10-18(26)24-16-8-4-7-15(12-16)20(21,22)23/h4,7-8,12-14,17H,3,5-6,9-11H2,1-2H3,(H,24,26)(H,25,27)/t13-,14+,17-/m1/s1. The summed E-state index contributed by atoms with van der Waals surface area (Å²) in [6.45, 7) is 4.35. The largest absolute Gasteiger partial charge is 0.416 e. The molecule has 1 aliphatic rings. The van der Waals surface area contributed by atoms with Crippen LogP contribution in [0.2, 0.25) is 0 Å².